The van der Waals surface area contributed by atoms with Crippen molar-refractivity contribution in [2.45, 2.75) is 19.6 Å². The molecule has 112 valence electrons. The number of aromatic nitrogens is 2. The van der Waals surface area contributed by atoms with Gasteiger partial charge >= 0.3 is 0 Å². The summed E-state index contributed by atoms with van der Waals surface area (Å²) in [5.41, 5.74) is 4.17. The Hall–Kier alpha value is -2.59. The Morgan fingerprint density at radius 2 is 1.95 bits per heavy atom. The van der Waals surface area contributed by atoms with Crippen LogP contribution in [0.5, 0.6) is 0 Å². The van der Waals surface area contributed by atoms with Crippen LogP contribution in [0.4, 0.5) is 5.69 Å². The molecule has 2 aromatic carbocycles. The Bertz CT molecular complexity index is 720. The highest BCUT2D eigenvalue weighted by molar-refractivity contribution is 5.50. The molecule has 4 nitrogen and oxygen atoms in total. The number of hydrogen-bond acceptors (Lipinski definition) is 3. The maximum Gasteiger partial charge on any atom is 0.0681 e. The van der Waals surface area contributed by atoms with Gasteiger partial charge in [0.2, 0.25) is 0 Å². The molecule has 0 saturated heterocycles. The first-order valence-electron chi connectivity index (χ1n) is 7.32. The van der Waals surface area contributed by atoms with Crippen LogP contribution in [0.2, 0.25) is 0 Å². The molecule has 0 bridgehead atoms. The number of aliphatic hydroxyl groups is 1. The van der Waals surface area contributed by atoms with Crippen molar-refractivity contribution in [3.63, 3.8) is 0 Å². The summed E-state index contributed by atoms with van der Waals surface area (Å²) in [5.74, 6) is 0. The third kappa shape index (κ3) is 3.18. The van der Waals surface area contributed by atoms with Crippen molar-refractivity contribution in [3.05, 3.63) is 78.1 Å². The molecule has 2 N–H and O–H groups in total. The Kier molecular flexibility index (Phi) is 4.21. The summed E-state index contributed by atoms with van der Waals surface area (Å²) < 4.78 is 1.83. The van der Waals surface area contributed by atoms with Crippen molar-refractivity contribution in [3.8, 4) is 5.69 Å². The van der Waals surface area contributed by atoms with Gasteiger partial charge in [0.15, 0.2) is 0 Å². The van der Waals surface area contributed by atoms with E-state index in [9.17, 15) is 5.11 Å². The van der Waals surface area contributed by atoms with Crippen molar-refractivity contribution in [2.75, 3.05) is 5.32 Å². The molecule has 4 heteroatoms. The molecule has 0 radical (unpaired) electrons. The molecular weight excluding hydrogens is 274 g/mol. The maximum absolute atomic E-state index is 9.23. The minimum Gasteiger partial charge on any atom is -0.392 e. The first kappa shape index (κ1) is 14.4. The minimum atomic E-state index is 0.0686. The number of hydrogen-bond donors (Lipinski definition) is 2. The van der Waals surface area contributed by atoms with Crippen molar-refractivity contribution in [2.24, 2.45) is 0 Å². The zero-order chi connectivity index (χ0) is 15.4. The second kappa shape index (κ2) is 6.45. The average Bonchev–Trinajstić information content (AvgIpc) is 3.10. The van der Waals surface area contributed by atoms with Gasteiger partial charge in [-0.2, -0.15) is 5.10 Å². The summed E-state index contributed by atoms with van der Waals surface area (Å²) in [6.45, 7) is 2.18. The zero-order valence-corrected chi connectivity index (χ0v) is 12.5. The van der Waals surface area contributed by atoms with E-state index in [0.717, 1.165) is 22.5 Å². The van der Waals surface area contributed by atoms with Gasteiger partial charge in [0, 0.05) is 24.1 Å². The van der Waals surface area contributed by atoms with E-state index in [-0.39, 0.29) is 12.6 Å². The molecule has 0 aliphatic carbocycles. The Morgan fingerprint density at radius 3 is 2.64 bits per heavy atom. The Labute approximate surface area is 130 Å². The molecule has 0 saturated carbocycles. The number of nitrogens with one attached hydrogen (secondary N) is 1. The van der Waals surface area contributed by atoms with Crippen LogP contribution in [0.3, 0.4) is 0 Å². The van der Waals surface area contributed by atoms with Gasteiger partial charge in [0.1, 0.15) is 0 Å². The molecule has 1 aromatic heterocycles. The predicted octanol–water partition coefficient (Wildman–Crippen LogP) is 3.54. The standard InChI is InChI=1S/C18H19N3O/c1-14(16-5-2-4-15(12-16)13-22)20-17-6-8-18(9-7-17)21-11-3-10-19-21/h2-12,14,20,22H,13H2,1H3. The fourth-order valence-electron chi connectivity index (χ4n) is 2.43. The Balaban J connectivity index is 1.72. The zero-order valence-electron chi connectivity index (χ0n) is 12.5. The number of benzene rings is 2. The molecule has 3 rings (SSSR count). The summed E-state index contributed by atoms with van der Waals surface area (Å²) in [7, 11) is 0. The quantitative estimate of drug-likeness (QED) is 0.756. The highest BCUT2D eigenvalue weighted by Crippen LogP contribution is 2.21. The maximum atomic E-state index is 9.23. The van der Waals surface area contributed by atoms with E-state index in [0.29, 0.717) is 0 Å². The van der Waals surface area contributed by atoms with Gasteiger partial charge in [0.25, 0.3) is 0 Å². The molecule has 0 fully saturated rings. The van der Waals surface area contributed by atoms with Crippen LogP contribution >= 0.6 is 0 Å². The van der Waals surface area contributed by atoms with Crippen LogP contribution < -0.4 is 5.32 Å². The van der Waals surface area contributed by atoms with Gasteiger partial charge in [-0.25, -0.2) is 4.68 Å². The van der Waals surface area contributed by atoms with Crippen LogP contribution in [0.1, 0.15) is 24.1 Å². The minimum absolute atomic E-state index is 0.0686. The first-order valence-corrected chi connectivity index (χ1v) is 7.32. The molecule has 1 unspecified atom stereocenters. The molecule has 0 amide bonds. The number of rotatable bonds is 5. The largest absolute Gasteiger partial charge is 0.392 e. The number of nitrogens with zero attached hydrogens (tertiary/aromatic N) is 2. The van der Waals surface area contributed by atoms with Crippen LogP contribution in [0.25, 0.3) is 5.69 Å². The van der Waals surface area contributed by atoms with Crippen LogP contribution in [-0.4, -0.2) is 14.9 Å². The van der Waals surface area contributed by atoms with E-state index in [4.69, 9.17) is 0 Å². The lowest BCUT2D eigenvalue weighted by Gasteiger charge is -2.16. The lowest BCUT2D eigenvalue weighted by molar-refractivity contribution is 0.281. The molecule has 22 heavy (non-hydrogen) atoms. The fraction of sp³-hybridized carbons (Fsp3) is 0.167. The van der Waals surface area contributed by atoms with Gasteiger partial charge in [-0.05, 0) is 48.4 Å². The topological polar surface area (TPSA) is 50.1 Å². The summed E-state index contributed by atoms with van der Waals surface area (Å²) in [6, 6.07) is 18.2. The first-order chi connectivity index (χ1) is 10.8. The van der Waals surface area contributed by atoms with E-state index in [1.165, 1.54) is 0 Å². The SMILES string of the molecule is CC(Nc1ccc(-n2cccn2)cc1)c1cccc(CO)c1. The fourth-order valence-corrected chi connectivity index (χ4v) is 2.43. The molecule has 3 aromatic rings. The van der Waals surface area contributed by atoms with E-state index in [2.05, 4.69) is 23.4 Å². The lowest BCUT2D eigenvalue weighted by atomic mass is 10.1. The Morgan fingerprint density at radius 1 is 1.14 bits per heavy atom. The number of anilines is 1. The average molecular weight is 293 g/mol. The van der Waals surface area contributed by atoms with Crippen molar-refractivity contribution < 1.29 is 5.11 Å². The second-order valence-corrected chi connectivity index (χ2v) is 5.27. The molecule has 0 aliphatic heterocycles. The van der Waals surface area contributed by atoms with Crippen LogP contribution in [0, 0.1) is 0 Å². The van der Waals surface area contributed by atoms with Gasteiger partial charge in [-0.3, -0.25) is 0 Å². The van der Waals surface area contributed by atoms with E-state index >= 15 is 0 Å². The van der Waals surface area contributed by atoms with Crippen molar-refractivity contribution in [1.82, 2.24) is 9.78 Å². The normalized spacial score (nSPS) is 12.1. The van der Waals surface area contributed by atoms with Crippen LogP contribution in [-0.2, 0) is 6.61 Å². The van der Waals surface area contributed by atoms with Crippen LogP contribution in [0.15, 0.2) is 67.0 Å². The lowest BCUT2D eigenvalue weighted by Crippen LogP contribution is -2.07. The summed E-state index contributed by atoms with van der Waals surface area (Å²) in [4.78, 5) is 0. The number of aliphatic hydroxyl groups excluding tert-OH is 1. The van der Waals surface area contributed by atoms with E-state index in [1.807, 2.05) is 59.4 Å². The summed E-state index contributed by atoms with van der Waals surface area (Å²) >= 11 is 0. The highest BCUT2D eigenvalue weighted by atomic mass is 16.3. The van der Waals surface area contributed by atoms with Gasteiger partial charge in [-0.15, -0.1) is 0 Å². The van der Waals surface area contributed by atoms with Crippen molar-refractivity contribution in [1.29, 1.82) is 0 Å². The molecule has 0 spiro atoms. The molecule has 1 heterocycles. The van der Waals surface area contributed by atoms with E-state index < -0.39 is 0 Å². The second-order valence-electron chi connectivity index (χ2n) is 5.27. The molecular formula is C18H19N3O. The van der Waals surface area contributed by atoms with Crippen molar-refractivity contribution >= 4 is 5.69 Å². The third-order valence-corrected chi connectivity index (χ3v) is 3.65. The summed E-state index contributed by atoms with van der Waals surface area (Å²) in [5, 5.41) is 16.9. The van der Waals surface area contributed by atoms with Gasteiger partial charge < -0.3 is 10.4 Å². The van der Waals surface area contributed by atoms with E-state index in [1.54, 1.807) is 6.20 Å². The third-order valence-electron chi connectivity index (χ3n) is 3.65. The highest BCUT2D eigenvalue weighted by Gasteiger charge is 2.06. The monoisotopic (exact) mass is 293 g/mol. The van der Waals surface area contributed by atoms with Gasteiger partial charge in [0.05, 0.1) is 12.3 Å². The molecule has 1 atom stereocenters. The molecule has 0 aliphatic rings. The predicted molar refractivity (Wildman–Crippen MR) is 88.0 cm³/mol. The van der Waals surface area contributed by atoms with Gasteiger partial charge in [-0.1, -0.05) is 24.3 Å². The summed E-state index contributed by atoms with van der Waals surface area (Å²) in [6.07, 6.45) is 3.69. The smallest absolute Gasteiger partial charge is 0.0681 e.